The fourth-order valence-corrected chi connectivity index (χ4v) is 2.16. The summed E-state index contributed by atoms with van der Waals surface area (Å²) in [5.41, 5.74) is 2.33. The molecular formula is C16H18ClNO. The van der Waals surface area contributed by atoms with Crippen molar-refractivity contribution in [3.8, 4) is 5.75 Å². The number of benzene rings is 2. The fraction of sp³-hybridized carbons (Fsp3) is 0.250. The van der Waals surface area contributed by atoms with Crippen LogP contribution in [-0.4, -0.2) is 13.7 Å². The van der Waals surface area contributed by atoms with Crippen molar-refractivity contribution in [3.05, 3.63) is 65.7 Å². The number of rotatable bonds is 6. The van der Waals surface area contributed by atoms with Crippen molar-refractivity contribution in [2.75, 3.05) is 13.7 Å². The third-order valence-electron chi connectivity index (χ3n) is 2.95. The van der Waals surface area contributed by atoms with Gasteiger partial charge >= 0.3 is 0 Å². The maximum atomic E-state index is 6.34. The average molecular weight is 276 g/mol. The summed E-state index contributed by atoms with van der Waals surface area (Å²) in [4.78, 5) is 0. The van der Waals surface area contributed by atoms with Gasteiger partial charge in [0.2, 0.25) is 0 Å². The zero-order chi connectivity index (χ0) is 13.5. The van der Waals surface area contributed by atoms with Gasteiger partial charge in [-0.15, -0.1) is 11.6 Å². The van der Waals surface area contributed by atoms with Crippen LogP contribution in [-0.2, 0) is 6.54 Å². The van der Waals surface area contributed by atoms with Gasteiger partial charge < -0.3 is 10.1 Å². The summed E-state index contributed by atoms with van der Waals surface area (Å²) >= 11 is 6.34. The van der Waals surface area contributed by atoms with E-state index in [0.29, 0.717) is 0 Å². The van der Waals surface area contributed by atoms with Crippen molar-refractivity contribution in [3.63, 3.8) is 0 Å². The molecule has 100 valence electrons. The lowest BCUT2D eigenvalue weighted by atomic mass is 10.1. The summed E-state index contributed by atoms with van der Waals surface area (Å²) in [6, 6.07) is 18.1. The number of halogens is 1. The van der Waals surface area contributed by atoms with E-state index in [1.54, 1.807) is 7.11 Å². The molecule has 0 saturated heterocycles. The minimum absolute atomic E-state index is 0.00759. The van der Waals surface area contributed by atoms with Gasteiger partial charge in [0, 0.05) is 13.1 Å². The molecule has 0 fully saturated rings. The van der Waals surface area contributed by atoms with E-state index in [1.165, 1.54) is 5.56 Å². The summed E-state index contributed by atoms with van der Waals surface area (Å²) in [5, 5.41) is 3.36. The second-order valence-corrected chi connectivity index (χ2v) is 4.89. The second-order valence-electron chi connectivity index (χ2n) is 4.36. The van der Waals surface area contributed by atoms with E-state index in [2.05, 4.69) is 11.4 Å². The standard InChI is InChI=1S/C16H18ClNO/c1-19-15-9-5-6-13(10-15)11-18-12-16(17)14-7-3-2-4-8-14/h2-10,16,18H,11-12H2,1H3. The zero-order valence-corrected chi connectivity index (χ0v) is 11.7. The molecule has 19 heavy (non-hydrogen) atoms. The Bertz CT molecular complexity index is 501. The molecule has 1 unspecified atom stereocenters. The van der Waals surface area contributed by atoms with Crippen LogP contribution in [0.2, 0.25) is 0 Å². The van der Waals surface area contributed by atoms with Gasteiger partial charge in [-0.2, -0.15) is 0 Å². The Labute approximate surface area is 119 Å². The third kappa shape index (κ3) is 4.27. The lowest BCUT2D eigenvalue weighted by Gasteiger charge is -2.11. The van der Waals surface area contributed by atoms with Gasteiger partial charge in [0.25, 0.3) is 0 Å². The van der Waals surface area contributed by atoms with Gasteiger partial charge in [0.1, 0.15) is 5.75 Å². The lowest BCUT2D eigenvalue weighted by Crippen LogP contribution is -2.18. The first-order valence-electron chi connectivity index (χ1n) is 6.32. The zero-order valence-electron chi connectivity index (χ0n) is 11.0. The highest BCUT2D eigenvalue weighted by Crippen LogP contribution is 2.19. The molecule has 1 N–H and O–H groups in total. The summed E-state index contributed by atoms with van der Waals surface area (Å²) in [7, 11) is 1.68. The SMILES string of the molecule is COc1cccc(CNCC(Cl)c2ccccc2)c1. The topological polar surface area (TPSA) is 21.3 Å². The van der Waals surface area contributed by atoms with Gasteiger partial charge in [-0.3, -0.25) is 0 Å². The lowest BCUT2D eigenvalue weighted by molar-refractivity contribution is 0.414. The van der Waals surface area contributed by atoms with Crippen LogP contribution in [0.3, 0.4) is 0 Å². The monoisotopic (exact) mass is 275 g/mol. The molecule has 0 amide bonds. The third-order valence-corrected chi connectivity index (χ3v) is 3.35. The predicted molar refractivity (Wildman–Crippen MR) is 79.7 cm³/mol. The highest BCUT2D eigenvalue weighted by Gasteiger charge is 2.06. The normalized spacial score (nSPS) is 12.1. The van der Waals surface area contributed by atoms with Gasteiger partial charge in [-0.05, 0) is 23.3 Å². The van der Waals surface area contributed by atoms with E-state index >= 15 is 0 Å². The highest BCUT2D eigenvalue weighted by molar-refractivity contribution is 6.21. The van der Waals surface area contributed by atoms with Crippen molar-refractivity contribution >= 4 is 11.6 Å². The number of hydrogen-bond donors (Lipinski definition) is 1. The van der Waals surface area contributed by atoms with Crippen LogP contribution in [0.15, 0.2) is 54.6 Å². The Balaban J connectivity index is 1.83. The first-order valence-corrected chi connectivity index (χ1v) is 6.76. The molecule has 0 aromatic heterocycles. The molecule has 0 heterocycles. The first kappa shape index (κ1) is 13.9. The van der Waals surface area contributed by atoms with Crippen LogP contribution in [0.5, 0.6) is 5.75 Å². The largest absolute Gasteiger partial charge is 0.497 e. The number of ether oxygens (including phenoxy) is 1. The maximum Gasteiger partial charge on any atom is 0.119 e. The molecule has 2 nitrogen and oxygen atoms in total. The van der Waals surface area contributed by atoms with Gasteiger partial charge in [-0.25, -0.2) is 0 Å². The molecule has 0 aliphatic heterocycles. The van der Waals surface area contributed by atoms with Crippen LogP contribution in [0.4, 0.5) is 0 Å². The molecule has 0 aliphatic carbocycles. The number of hydrogen-bond acceptors (Lipinski definition) is 2. The Morgan fingerprint density at radius 3 is 2.63 bits per heavy atom. The molecule has 2 aromatic carbocycles. The minimum Gasteiger partial charge on any atom is -0.497 e. The van der Waals surface area contributed by atoms with Crippen molar-refractivity contribution in [2.45, 2.75) is 11.9 Å². The van der Waals surface area contributed by atoms with Gasteiger partial charge in [0.15, 0.2) is 0 Å². The van der Waals surface area contributed by atoms with E-state index in [9.17, 15) is 0 Å². The highest BCUT2D eigenvalue weighted by atomic mass is 35.5. The smallest absolute Gasteiger partial charge is 0.119 e. The molecule has 0 radical (unpaired) electrons. The summed E-state index contributed by atoms with van der Waals surface area (Å²) in [5.74, 6) is 0.879. The molecular weight excluding hydrogens is 258 g/mol. The molecule has 2 aromatic rings. The summed E-state index contributed by atoms with van der Waals surface area (Å²) in [6.07, 6.45) is 0. The van der Waals surface area contributed by atoms with E-state index in [-0.39, 0.29) is 5.38 Å². The van der Waals surface area contributed by atoms with Crippen LogP contribution in [0.25, 0.3) is 0 Å². The van der Waals surface area contributed by atoms with E-state index in [0.717, 1.165) is 24.4 Å². The van der Waals surface area contributed by atoms with Crippen molar-refractivity contribution in [2.24, 2.45) is 0 Å². The van der Waals surface area contributed by atoms with Crippen LogP contribution in [0.1, 0.15) is 16.5 Å². The van der Waals surface area contributed by atoms with E-state index in [4.69, 9.17) is 16.3 Å². The van der Waals surface area contributed by atoms with E-state index < -0.39 is 0 Å². The molecule has 0 saturated carbocycles. The molecule has 0 bridgehead atoms. The maximum absolute atomic E-state index is 6.34. The Morgan fingerprint density at radius 1 is 1.11 bits per heavy atom. The van der Waals surface area contributed by atoms with Gasteiger partial charge in [0.05, 0.1) is 12.5 Å². The minimum atomic E-state index is -0.00759. The summed E-state index contributed by atoms with van der Waals surface area (Å²) in [6.45, 7) is 1.52. The Kier molecular flexibility index (Phi) is 5.25. The molecule has 1 atom stereocenters. The van der Waals surface area contributed by atoms with Crippen molar-refractivity contribution in [1.82, 2.24) is 5.32 Å². The van der Waals surface area contributed by atoms with Gasteiger partial charge in [-0.1, -0.05) is 42.5 Å². The van der Waals surface area contributed by atoms with Crippen LogP contribution in [0, 0.1) is 0 Å². The molecule has 0 aliphatic rings. The molecule has 0 spiro atoms. The van der Waals surface area contributed by atoms with Crippen molar-refractivity contribution < 1.29 is 4.74 Å². The Morgan fingerprint density at radius 2 is 1.89 bits per heavy atom. The van der Waals surface area contributed by atoms with E-state index in [1.807, 2.05) is 48.5 Å². The quantitative estimate of drug-likeness (QED) is 0.811. The van der Waals surface area contributed by atoms with Crippen LogP contribution < -0.4 is 10.1 Å². The van der Waals surface area contributed by atoms with Crippen molar-refractivity contribution in [1.29, 1.82) is 0 Å². The number of nitrogens with one attached hydrogen (secondary N) is 1. The first-order chi connectivity index (χ1) is 9.29. The van der Waals surface area contributed by atoms with Crippen LogP contribution >= 0.6 is 11.6 Å². The summed E-state index contributed by atoms with van der Waals surface area (Å²) < 4.78 is 5.20. The second kappa shape index (κ2) is 7.17. The predicted octanol–water partition coefficient (Wildman–Crippen LogP) is 3.76. The number of alkyl halides is 1. The average Bonchev–Trinajstić information content (AvgIpc) is 2.48. The molecule has 2 rings (SSSR count). The fourth-order valence-electron chi connectivity index (χ4n) is 1.91. The Hall–Kier alpha value is -1.51. The molecule has 3 heteroatoms. The number of methoxy groups -OCH3 is 1.